The van der Waals surface area contributed by atoms with Crippen LogP contribution in [0.5, 0.6) is 5.75 Å². The number of ether oxygens (including phenoxy) is 1. The van der Waals surface area contributed by atoms with Crippen molar-refractivity contribution in [2.75, 3.05) is 11.9 Å². The van der Waals surface area contributed by atoms with Crippen molar-refractivity contribution in [2.45, 2.75) is 6.92 Å². The third-order valence-electron chi connectivity index (χ3n) is 2.22. The third kappa shape index (κ3) is 2.97. The van der Waals surface area contributed by atoms with E-state index < -0.39 is 0 Å². The average molecular weight is 230 g/mol. The number of hydrogen-bond donors (Lipinski definition) is 1. The second-order valence-corrected chi connectivity index (χ2v) is 3.48. The van der Waals surface area contributed by atoms with Crippen molar-refractivity contribution in [3.05, 3.63) is 54.3 Å². The Bertz CT molecular complexity index is 485. The standard InChI is InChI=1S/C14H13FNO/c1-2-17-14-10-12(8-9-13(14)15)16-11-6-4-3-5-7-11/h3-6,8-10,16H,2H2,1H3. The first-order valence-electron chi connectivity index (χ1n) is 5.45. The van der Waals surface area contributed by atoms with E-state index in [-0.39, 0.29) is 11.6 Å². The Morgan fingerprint density at radius 3 is 2.88 bits per heavy atom. The maximum absolute atomic E-state index is 13.3. The highest BCUT2D eigenvalue weighted by Crippen LogP contribution is 2.24. The van der Waals surface area contributed by atoms with Crippen molar-refractivity contribution < 1.29 is 9.13 Å². The summed E-state index contributed by atoms with van der Waals surface area (Å²) in [4.78, 5) is 0. The summed E-state index contributed by atoms with van der Waals surface area (Å²) in [5.41, 5.74) is 1.61. The maximum atomic E-state index is 13.3. The third-order valence-corrected chi connectivity index (χ3v) is 2.22. The first-order chi connectivity index (χ1) is 8.29. The Kier molecular flexibility index (Phi) is 3.60. The predicted octanol–water partition coefficient (Wildman–Crippen LogP) is 3.77. The summed E-state index contributed by atoms with van der Waals surface area (Å²) in [6.07, 6.45) is 0. The minimum Gasteiger partial charge on any atom is -0.491 e. The minimum absolute atomic E-state index is 0.258. The summed E-state index contributed by atoms with van der Waals surface area (Å²) < 4.78 is 18.5. The van der Waals surface area contributed by atoms with Gasteiger partial charge in [-0.25, -0.2) is 4.39 Å². The van der Waals surface area contributed by atoms with Crippen LogP contribution >= 0.6 is 0 Å². The van der Waals surface area contributed by atoms with Crippen molar-refractivity contribution >= 4 is 11.4 Å². The van der Waals surface area contributed by atoms with Crippen molar-refractivity contribution in [1.29, 1.82) is 0 Å². The van der Waals surface area contributed by atoms with Gasteiger partial charge in [-0.2, -0.15) is 0 Å². The molecule has 2 nitrogen and oxygen atoms in total. The average Bonchev–Trinajstić information content (AvgIpc) is 2.35. The van der Waals surface area contributed by atoms with Gasteiger partial charge in [-0.3, -0.25) is 0 Å². The Morgan fingerprint density at radius 2 is 2.18 bits per heavy atom. The zero-order valence-electron chi connectivity index (χ0n) is 9.53. The molecule has 87 valence electrons. The van der Waals surface area contributed by atoms with Gasteiger partial charge < -0.3 is 10.1 Å². The van der Waals surface area contributed by atoms with Gasteiger partial charge in [-0.15, -0.1) is 0 Å². The molecule has 0 saturated heterocycles. The van der Waals surface area contributed by atoms with Crippen molar-refractivity contribution in [3.8, 4) is 5.75 Å². The summed E-state index contributed by atoms with van der Waals surface area (Å²) in [6, 6.07) is 15.2. The first kappa shape index (κ1) is 11.5. The minimum atomic E-state index is -0.352. The largest absolute Gasteiger partial charge is 0.491 e. The van der Waals surface area contributed by atoms with Crippen LogP contribution in [0.15, 0.2) is 42.5 Å². The number of nitrogens with one attached hydrogen (secondary N) is 1. The zero-order valence-corrected chi connectivity index (χ0v) is 9.53. The van der Waals surface area contributed by atoms with Gasteiger partial charge in [0.05, 0.1) is 6.61 Å². The van der Waals surface area contributed by atoms with Gasteiger partial charge in [-0.1, -0.05) is 18.2 Å². The predicted molar refractivity (Wildman–Crippen MR) is 66.1 cm³/mol. The van der Waals surface area contributed by atoms with Crippen LogP contribution in [0.2, 0.25) is 0 Å². The Morgan fingerprint density at radius 1 is 1.29 bits per heavy atom. The number of para-hydroxylation sites is 1. The number of hydrogen-bond acceptors (Lipinski definition) is 2. The van der Waals surface area contributed by atoms with E-state index in [9.17, 15) is 4.39 Å². The Balaban J connectivity index is 2.19. The van der Waals surface area contributed by atoms with Crippen LogP contribution in [-0.2, 0) is 0 Å². The van der Waals surface area contributed by atoms with E-state index in [1.807, 2.05) is 31.2 Å². The van der Waals surface area contributed by atoms with Gasteiger partial charge in [0, 0.05) is 23.5 Å². The highest BCUT2D eigenvalue weighted by Gasteiger charge is 2.04. The summed E-state index contributed by atoms with van der Waals surface area (Å²) in [6.45, 7) is 2.27. The van der Waals surface area contributed by atoms with Crippen LogP contribution in [0.1, 0.15) is 6.92 Å². The van der Waals surface area contributed by atoms with Gasteiger partial charge in [-0.05, 0) is 25.1 Å². The monoisotopic (exact) mass is 230 g/mol. The summed E-state index contributed by atoms with van der Waals surface area (Å²) in [5.74, 6) is -0.0946. The molecule has 0 aliphatic heterocycles. The molecule has 17 heavy (non-hydrogen) atoms. The molecule has 1 N–H and O–H groups in total. The zero-order chi connectivity index (χ0) is 12.1. The molecule has 1 radical (unpaired) electrons. The smallest absolute Gasteiger partial charge is 0.165 e. The van der Waals surface area contributed by atoms with E-state index >= 15 is 0 Å². The number of anilines is 2. The summed E-state index contributed by atoms with van der Waals surface area (Å²) in [5, 5.41) is 3.13. The molecular formula is C14H13FNO. The van der Waals surface area contributed by atoms with Crippen LogP contribution in [0.25, 0.3) is 0 Å². The quantitative estimate of drug-likeness (QED) is 0.863. The molecule has 0 saturated carbocycles. The summed E-state index contributed by atoms with van der Waals surface area (Å²) in [7, 11) is 0. The van der Waals surface area contributed by atoms with Gasteiger partial charge >= 0.3 is 0 Å². The molecule has 0 heterocycles. The Labute approximate surface area is 100 Å². The topological polar surface area (TPSA) is 21.3 Å². The molecule has 2 aromatic rings. The van der Waals surface area contributed by atoms with Gasteiger partial charge in [0.25, 0.3) is 0 Å². The molecule has 0 fully saturated rings. The normalized spacial score (nSPS) is 10.0. The number of halogens is 1. The second-order valence-electron chi connectivity index (χ2n) is 3.48. The van der Waals surface area contributed by atoms with E-state index in [4.69, 9.17) is 4.74 Å². The second kappa shape index (κ2) is 5.34. The lowest BCUT2D eigenvalue weighted by atomic mass is 10.2. The number of benzene rings is 2. The first-order valence-corrected chi connectivity index (χ1v) is 5.45. The van der Waals surface area contributed by atoms with Crippen LogP contribution in [0.4, 0.5) is 15.8 Å². The molecule has 0 unspecified atom stereocenters. The molecule has 0 spiro atoms. The van der Waals surface area contributed by atoms with Crippen LogP contribution in [-0.4, -0.2) is 6.61 Å². The van der Waals surface area contributed by atoms with Crippen molar-refractivity contribution in [1.82, 2.24) is 0 Å². The van der Waals surface area contributed by atoms with Gasteiger partial charge in [0.1, 0.15) is 0 Å². The van der Waals surface area contributed by atoms with Gasteiger partial charge in [0.2, 0.25) is 0 Å². The molecule has 0 aromatic heterocycles. The summed E-state index contributed by atoms with van der Waals surface area (Å²) >= 11 is 0. The maximum Gasteiger partial charge on any atom is 0.165 e. The Hall–Kier alpha value is -2.03. The highest BCUT2D eigenvalue weighted by atomic mass is 19.1. The molecule has 0 bridgehead atoms. The lowest BCUT2D eigenvalue weighted by molar-refractivity contribution is 0.322. The molecule has 0 aliphatic carbocycles. The van der Waals surface area contributed by atoms with E-state index in [0.29, 0.717) is 6.61 Å². The van der Waals surface area contributed by atoms with E-state index in [0.717, 1.165) is 11.4 Å². The number of rotatable bonds is 4. The SMILES string of the molecule is CCOc1cc(Nc2[c]cccc2)ccc1F. The molecule has 2 aromatic carbocycles. The van der Waals surface area contributed by atoms with Crippen LogP contribution < -0.4 is 10.1 Å². The van der Waals surface area contributed by atoms with Crippen LogP contribution in [0.3, 0.4) is 0 Å². The lowest BCUT2D eigenvalue weighted by Crippen LogP contribution is -1.96. The van der Waals surface area contributed by atoms with Gasteiger partial charge in [0.15, 0.2) is 11.6 Å². The fourth-order valence-electron chi connectivity index (χ4n) is 1.47. The molecule has 2 rings (SSSR count). The molecular weight excluding hydrogens is 217 g/mol. The van der Waals surface area contributed by atoms with Crippen molar-refractivity contribution in [2.24, 2.45) is 0 Å². The van der Waals surface area contributed by atoms with E-state index in [1.54, 1.807) is 12.1 Å². The fraction of sp³-hybridized carbons (Fsp3) is 0.143. The molecule has 0 amide bonds. The fourth-order valence-corrected chi connectivity index (χ4v) is 1.47. The van der Waals surface area contributed by atoms with E-state index in [2.05, 4.69) is 11.4 Å². The van der Waals surface area contributed by atoms with E-state index in [1.165, 1.54) is 6.07 Å². The molecule has 3 heteroatoms. The molecule has 0 atom stereocenters. The highest BCUT2D eigenvalue weighted by molar-refractivity contribution is 5.60. The lowest BCUT2D eigenvalue weighted by Gasteiger charge is -2.09. The van der Waals surface area contributed by atoms with Crippen LogP contribution in [0, 0.1) is 11.9 Å². The molecule has 0 aliphatic rings. The van der Waals surface area contributed by atoms with Crippen molar-refractivity contribution in [3.63, 3.8) is 0 Å².